The maximum atomic E-state index is 11.9. The molecule has 0 bridgehead atoms. The smallest absolute Gasteiger partial charge is 0.306 e. The van der Waals surface area contributed by atoms with Crippen LogP contribution in [-0.2, 0) is 24.5 Å². The van der Waals surface area contributed by atoms with Crippen LogP contribution in [0.25, 0.3) is 0 Å². The molecule has 0 aromatic rings. The third kappa shape index (κ3) is 7.39. The fourth-order valence-corrected chi connectivity index (χ4v) is 2.51. The SMILES string of the molecule is CCN(CC)C(=O)CCNS(=O)(=O)N(C)CCC(=O)OC. The second-order valence-electron chi connectivity index (χ2n) is 4.36. The van der Waals surface area contributed by atoms with Crippen molar-refractivity contribution in [3.05, 3.63) is 0 Å². The maximum Gasteiger partial charge on any atom is 0.306 e. The molecule has 1 N–H and O–H groups in total. The zero-order chi connectivity index (χ0) is 16.5. The second kappa shape index (κ2) is 9.69. The second-order valence-corrected chi connectivity index (χ2v) is 6.23. The zero-order valence-corrected chi connectivity index (χ0v) is 13.9. The van der Waals surface area contributed by atoms with Gasteiger partial charge in [0.25, 0.3) is 10.2 Å². The van der Waals surface area contributed by atoms with E-state index in [2.05, 4.69) is 9.46 Å². The fraction of sp³-hybridized carbons (Fsp3) is 0.833. The lowest BCUT2D eigenvalue weighted by Gasteiger charge is -2.20. The first kappa shape index (κ1) is 19.8. The van der Waals surface area contributed by atoms with Crippen molar-refractivity contribution in [3.63, 3.8) is 0 Å². The highest BCUT2D eigenvalue weighted by Crippen LogP contribution is 1.98. The summed E-state index contributed by atoms with van der Waals surface area (Å²) < 4.78 is 31.5. The number of hydrogen-bond acceptors (Lipinski definition) is 5. The highest BCUT2D eigenvalue weighted by molar-refractivity contribution is 7.87. The molecule has 9 heteroatoms. The van der Waals surface area contributed by atoms with Gasteiger partial charge in [-0.15, -0.1) is 0 Å². The summed E-state index contributed by atoms with van der Waals surface area (Å²) in [5.41, 5.74) is 0. The van der Waals surface area contributed by atoms with Crippen LogP contribution < -0.4 is 4.72 Å². The van der Waals surface area contributed by atoms with E-state index in [0.29, 0.717) is 13.1 Å². The number of rotatable bonds is 10. The Morgan fingerprint density at radius 1 is 1.14 bits per heavy atom. The molecule has 124 valence electrons. The van der Waals surface area contributed by atoms with E-state index in [-0.39, 0.29) is 31.8 Å². The quantitative estimate of drug-likeness (QED) is 0.551. The normalized spacial score (nSPS) is 11.5. The molecular formula is C12H25N3O5S. The molecule has 0 saturated carbocycles. The van der Waals surface area contributed by atoms with Crippen molar-refractivity contribution in [2.75, 3.05) is 40.3 Å². The summed E-state index contributed by atoms with van der Waals surface area (Å²) in [4.78, 5) is 24.3. The minimum Gasteiger partial charge on any atom is -0.469 e. The summed E-state index contributed by atoms with van der Waals surface area (Å²) in [5.74, 6) is -0.575. The number of ether oxygens (including phenoxy) is 1. The van der Waals surface area contributed by atoms with Crippen LogP contribution in [-0.4, -0.2) is 69.8 Å². The topological polar surface area (TPSA) is 96.0 Å². The van der Waals surface area contributed by atoms with Crippen LogP contribution in [0.1, 0.15) is 26.7 Å². The average molecular weight is 323 g/mol. The molecule has 0 aromatic carbocycles. The molecule has 8 nitrogen and oxygen atoms in total. The van der Waals surface area contributed by atoms with Gasteiger partial charge in [0.15, 0.2) is 0 Å². The molecule has 0 aliphatic rings. The summed E-state index contributed by atoms with van der Waals surface area (Å²) in [6.07, 6.45) is 0.0814. The van der Waals surface area contributed by atoms with Crippen LogP contribution in [0.4, 0.5) is 0 Å². The Balaban J connectivity index is 4.24. The summed E-state index contributed by atoms with van der Waals surface area (Å²) >= 11 is 0. The number of nitrogens with one attached hydrogen (secondary N) is 1. The average Bonchev–Trinajstić information content (AvgIpc) is 2.45. The van der Waals surface area contributed by atoms with Gasteiger partial charge in [0.05, 0.1) is 13.5 Å². The number of nitrogens with zero attached hydrogens (tertiary/aromatic N) is 2. The molecular weight excluding hydrogens is 298 g/mol. The number of carbonyl (C=O) groups excluding carboxylic acids is 2. The molecule has 0 spiro atoms. The Hall–Kier alpha value is -1.19. The first-order chi connectivity index (χ1) is 9.78. The molecule has 0 radical (unpaired) electrons. The van der Waals surface area contributed by atoms with Crippen molar-refractivity contribution >= 4 is 22.1 Å². The van der Waals surface area contributed by atoms with Crippen molar-refractivity contribution in [2.24, 2.45) is 0 Å². The number of hydrogen-bond donors (Lipinski definition) is 1. The molecule has 21 heavy (non-hydrogen) atoms. The van der Waals surface area contributed by atoms with Crippen molar-refractivity contribution < 1.29 is 22.7 Å². The number of methoxy groups -OCH3 is 1. The number of esters is 1. The van der Waals surface area contributed by atoms with Crippen molar-refractivity contribution in [2.45, 2.75) is 26.7 Å². The minimum atomic E-state index is -3.69. The fourth-order valence-electron chi connectivity index (χ4n) is 1.60. The molecule has 0 aliphatic heterocycles. The van der Waals surface area contributed by atoms with Gasteiger partial charge in [-0.3, -0.25) is 9.59 Å². The predicted molar refractivity (Wildman–Crippen MR) is 78.7 cm³/mol. The van der Waals surface area contributed by atoms with Crippen molar-refractivity contribution in [3.8, 4) is 0 Å². The summed E-state index contributed by atoms with van der Waals surface area (Å²) in [5, 5.41) is 0. The molecule has 0 aliphatic carbocycles. The summed E-state index contributed by atoms with van der Waals surface area (Å²) in [6, 6.07) is 0. The van der Waals surface area contributed by atoms with Crippen LogP contribution in [0.3, 0.4) is 0 Å². The first-order valence-corrected chi connectivity index (χ1v) is 8.28. The Labute approximate surface area is 126 Å². The standard InChI is InChI=1S/C12H25N3O5S/c1-5-15(6-2)11(16)7-9-13-21(18,19)14(3)10-8-12(17)20-4/h13H,5-10H2,1-4H3. The van der Waals surface area contributed by atoms with Gasteiger partial charge in [-0.2, -0.15) is 12.7 Å². The summed E-state index contributed by atoms with van der Waals surface area (Å²) in [6.45, 7) is 4.98. The highest BCUT2D eigenvalue weighted by Gasteiger charge is 2.19. The third-order valence-corrected chi connectivity index (χ3v) is 4.58. The van der Waals surface area contributed by atoms with Gasteiger partial charge >= 0.3 is 5.97 Å². The third-order valence-electron chi connectivity index (χ3n) is 3.01. The summed E-state index contributed by atoms with van der Waals surface area (Å²) in [7, 11) is -1.09. The molecule has 1 amide bonds. The van der Waals surface area contributed by atoms with E-state index in [1.54, 1.807) is 4.90 Å². The van der Waals surface area contributed by atoms with Gasteiger partial charge in [-0.05, 0) is 13.8 Å². The van der Waals surface area contributed by atoms with Gasteiger partial charge in [0.1, 0.15) is 0 Å². The molecule has 0 atom stereocenters. The van der Waals surface area contributed by atoms with Gasteiger partial charge in [-0.1, -0.05) is 0 Å². The van der Waals surface area contributed by atoms with E-state index in [9.17, 15) is 18.0 Å². The Kier molecular flexibility index (Phi) is 9.14. The zero-order valence-electron chi connectivity index (χ0n) is 13.1. The molecule has 0 saturated heterocycles. The van der Waals surface area contributed by atoms with Crippen LogP contribution in [0, 0.1) is 0 Å². The van der Waals surface area contributed by atoms with Gasteiger partial charge in [0.2, 0.25) is 5.91 Å². The van der Waals surface area contributed by atoms with Crippen molar-refractivity contribution in [1.82, 2.24) is 13.9 Å². The Bertz CT molecular complexity index is 434. The predicted octanol–water partition coefficient (Wildman–Crippen LogP) is -0.426. The van der Waals surface area contributed by atoms with Gasteiger partial charge in [0, 0.05) is 39.6 Å². The van der Waals surface area contributed by atoms with E-state index in [1.165, 1.54) is 14.2 Å². The number of amides is 1. The van der Waals surface area contributed by atoms with E-state index in [1.807, 2.05) is 13.8 Å². The maximum absolute atomic E-state index is 11.9. The lowest BCUT2D eigenvalue weighted by atomic mass is 10.3. The van der Waals surface area contributed by atoms with E-state index in [0.717, 1.165) is 4.31 Å². The highest BCUT2D eigenvalue weighted by atomic mass is 32.2. The Morgan fingerprint density at radius 3 is 2.19 bits per heavy atom. The van der Waals surface area contributed by atoms with Crippen LogP contribution in [0.2, 0.25) is 0 Å². The van der Waals surface area contributed by atoms with E-state index in [4.69, 9.17) is 0 Å². The molecule has 0 unspecified atom stereocenters. The largest absolute Gasteiger partial charge is 0.469 e. The van der Waals surface area contributed by atoms with Gasteiger partial charge < -0.3 is 9.64 Å². The van der Waals surface area contributed by atoms with E-state index >= 15 is 0 Å². The molecule has 0 heterocycles. The van der Waals surface area contributed by atoms with Gasteiger partial charge in [-0.25, -0.2) is 4.72 Å². The minimum absolute atomic E-state index is 0.0198. The first-order valence-electron chi connectivity index (χ1n) is 6.84. The van der Waals surface area contributed by atoms with E-state index < -0.39 is 16.2 Å². The van der Waals surface area contributed by atoms with Crippen LogP contribution in [0.15, 0.2) is 0 Å². The number of carbonyl (C=O) groups is 2. The molecule has 0 aromatic heterocycles. The molecule has 0 fully saturated rings. The van der Waals surface area contributed by atoms with Crippen LogP contribution in [0.5, 0.6) is 0 Å². The lowest BCUT2D eigenvalue weighted by Crippen LogP contribution is -2.41. The van der Waals surface area contributed by atoms with Crippen molar-refractivity contribution in [1.29, 1.82) is 0 Å². The lowest BCUT2D eigenvalue weighted by molar-refractivity contribution is -0.140. The molecule has 0 rings (SSSR count). The monoisotopic (exact) mass is 323 g/mol. The Morgan fingerprint density at radius 2 is 1.71 bits per heavy atom. The van der Waals surface area contributed by atoms with Crippen LogP contribution >= 0.6 is 0 Å².